The molecule has 10 aromatic rings. The van der Waals surface area contributed by atoms with Gasteiger partial charge < -0.3 is 8.83 Å². The second-order valence-electron chi connectivity index (χ2n) is 11.2. The summed E-state index contributed by atoms with van der Waals surface area (Å²) < 4.78 is 15.2. The SMILES string of the molecule is c1ccc2cc3c(cc2c1)oc1cc(N(c2ccc4c(c2)sc2ccccc24)c2ccc4oc5ccccc5c4c2)ncc13. The van der Waals surface area contributed by atoms with Crippen LogP contribution in [-0.2, 0) is 0 Å². The van der Waals surface area contributed by atoms with Crippen LogP contribution >= 0.6 is 11.3 Å². The van der Waals surface area contributed by atoms with Gasteiger partial charge in [0.25, 0.3) is 0 Å². The van der Waals surface area contributed by atoms with Crippen LogP contribution in [0, 0.1) is 0 Å². The molecule has 10 rings (SSSR count). The second kappa shape index (κ2) is 8.93. The number of benzene rings is 6. The van der Waals surface area contributed by atoms with E-state index in [0.29, 0.717) is 0 Å². The second-order valence-corrected chi connectivity index (χ2v) is 12.3. The lowest BCUT2D eigenvalue weighted by Crippen LogP contribution is -2.11. The molecule has 5 heteroatoms. The molecule has 4 heterocycles. The smallest absolute Gasteiger partial charge is 0.141 e. The Bertz CT molecular complexity index is 2750. The Kier molecular flexibility index (Phi) is 4.84. The average molecular weight is 583 g/mol. The summed E-state index contributed by atoms with van der Waals surface area (Å²) in [6.45, 7) is 0. The number of hydrogen-bond acceptors (Lipinski definition) is 5. The zero-order chi connectivity index (χ0) is 28.8. The number of rotatable bonds is 3. The monoisotopic (exact) mass is 582 g/mol. The molecule has 0 spiro atoms. The first-order chi connectivity index (χ1) is 21.8. The molecule has 0 radical (unpaired) electrons. The predicted molar refractivity (Wildman–Crippen MR) is 184 cm³/mol. The molecule has 0 fully saturated rings. The fourth-order valence-electron chi connectivity index (χ4n) is 6.59. The third-order valence-corrected chi connectivity index (χ3v) is 9.81. The van der Waals surface area contributed by atoms with Gasteiger partial charge >= 0.3 is 0 Å². The summed E-state index contributed by atoms with van der Waals surface area (Å²) in [5, 5.41) is 9.13. The fraction of sp³-hybridized carbons (Fsp3) is 0. The molecule has 0 N–H and O–H groups in total. The average Bonchev–Trinajstić information content (AvgIpc) is 3.74. The first-order valence-corrected chi connectivity index (χ1v) is 15.4. The lowest BCUT2D eigenvalue weighted by atomic mass is 10.1. The molecule has 4 nitrogen and oxygen atoms in total. The van der Waals surface area contributed by atoms with Gasteiger partial charge in [-0.15, -0.1) is 11.3 Å². The van der Waals surface area contributed by atoms with Gasteiger partial charge in [0.2, 0.25) is 0 Å². The van der Waals surface area contributed by atoms with Crippen molar-refractivity contribution in [2.45, 2.75) is 0 Å². The molecule has 0 saturated heterocycles. The van der Waals surface area contributed by atoms with E-state index in [9.17, 15) is 0 Å². The van der Waals surface area contributed by atoms with E-state index in [1.165, 1.54) is 25.6 Å². The number of furan rings is 2. The third-order valence-electron chi connectivity index (χ3n) is 8.68. The van der Waals surface area contributed by atoms with Crippen molar-refractivity contribution in [3.05, 3.63) is 134 Å². The molecule has 0 unspecified atom stereocenters. The van der Waals surface area contributed by atoms with Gasteiger partial charge in [-0.2, -0.15) is 0 Å². The van der Waals surface area contributed by atoms with E-state index >= 15 is 0 Å². The minimum absolute atomic E-state index is 0.786. The number of hydrogen-bond donors (Lipinski definition) is 0. The van der Waals surface area contributed by atoms with Crippen LogP contribution in [0.3, 0.4) is 0 Å². The molecule has 6 aromatic carbocycles. The zero-order valence-corrected chi connectivity index (χ0v) is 24.1. The minimum atomic E-state index is 0.786. The van der Waals surface area contributed by atoms with Crippen molar-refractivity contribution in [1.29, 1.82) is 0 Å². The molecule has 0 aliphatic carbocycles. The number of pyridine rings is 1. The first kappa shape index (κ1) is 23.9. The maximum absolute atomic E-state index is 6.47. The van der Waals surface area contributed by atoms with Crippen LogP contribution in [-0.4, -0.2) is 4.98 Å². The third kappa shape index (κ3) is 3.47. The van der Waals surface area contributed by atoms with Crippen molar-refractivity contribution < 1.29 is 8.83 Å². The van der Waals surface area contributed by atoms with Gasteiger partial charge in [0.15, 0.2) is 0 Å². The van der Waals surface area contributed by atoms with Gasteiger partial charge in [-0.1, -0.05) is 66.7 Å². The van der Waals surface area contributed by atoms with Crippen molar-refractivity contribution in [3.63, 3.8) is 0 Å². The van der Waals surface area contributed by atoms with Crippen molar-refractivity contribution >= 4 is 103 Å². The van der Waals surface area contributed by atoms with Crippen molar-refractivity contribution in [3.8, 4) is 0 Å². The van der Waals surface area contributed by atoms with Crippen LogP contribution in [0.1, 0.15) is 0 Å². The molecule has 0 saturated carbocycles. The van der Waals surface area contributed by atoms with Crippen LogP contribution < -0.4 is 4.90 Å². The quantitative estimate of drug-likeness (QED) is 0.208. The Hall–Kier alpha value is -5.65. The molecule has 0 aliphatic rings. The van der Waals surface area contributed by atoms with Crippen LogP contribution in [0.5, 0.6) is 0 Å². The summed E-state index contributed by atoms with van der Waals surface area (Å²) in [5.74, 6) is 0.786. The predicted octanol–water partition coefficient (Wildman–Crippen LogP) is 11.9. The van der Waals surface area contributed by atoms with Gasteiger partial charge in [-0.05, 0) is 65.4 Å². The van der Waals surface area contributed by atoms with Gasteiger partial charge in [-0.25, -0.2) is 4.98 Å². The van der Waals surface area contributed by atoms with Crippen molar-refractivity contribution in [1.82, 2.24) is 4.98 Å². The van der Waals surface area contributed by atoms with E-state index in [1.807, 2.05) is 29.7 Å². The number of fused-ring (bicyclic) bond motifs is 10. The zero-order valence-electron chi connectivity index (χ0n) is 23.3. The highest BCUT2D eigenvalue weighted by atomic mass is 32.1. The van der Waals surface area contributed by atoms with Crippen molar-refractivity contribution in [2.24, 2.45) is 0 Å². The summed E-state index contributed by atoms with van der Waals surface area (Å²) in [5.41, 5.74) is 5.45. The van der Waals surface area contributed by atoms with E-state index in [-0.39, 0.29) is 0 Å². The highest BCUT2D eigenvalue weighted by Crippen LogP contribution is 2.43. The van der Waals surface area contributed by atoms with E-state index in [1.54, 1.807) is 0 Å². The first-order valence-electron chi connectivity index (χ1n) is 14.6. The molecule has 44 heavy (non-hydrogen) atoms. The van der Waals surface area contributed by atoms with E-state index in [4.69, 9.17) is 13.8 Å². The standard InChI is InChI=1S/C39H22N2O2S/c1-2-8-24-18-35-30(17-23(24)7-1)32-22-40-39(21-36(32)43-35)41(25-14-16-34-31(19-25)27-9-3-5-11-33(27)42-34)26-13-15-29-28-10-4-6-12-37(28)44-38(29)20-26/h1-22H. The van der Waals surface area contributed by atoms with Crippen molar-refractivity contribution in [2.75, 3.05) is 4.90 Å². The number of para-hydroxylation sites is 1. The molecule has 4 aromatic heterocycles. The molecular formula is C39H22N2O2S. The summed E-state index contributed by atoms with van der Waals surface area (Å²) in [6, 6.07) is 44.6. The number of aromatic nitrogens is 1. The number of nitrogens with zero attached hydrogens (tertiary/aromatic N) is 2. The van der Waals surface area contributed by atoms with Crippen LogP contribution in [0.25, 0.3) is 74.8 Å². The number of anilines is 3. The fourth-order valence-corrected chi connectivity index (χ4v) is 7.73. The van der Waals surface area contributed by atoms with Crippen LogP contribution in [0.4, 0.5) is 17.2 Å². The van der Waals surface area contributed by atoms with Gasteiger partial charge in [-0.3, -0.25) is 4.90 Å². The highest BCUT2D eigenvalue weighted by Gasteiger charge is 2.20. The lowest BCUT2D eigenvalue weighted by molar-refractivity contribution is 0.668. The van der Waals surface area contributed by atoms with Gasteiger partial charge in [0.1, 0.15) is 28.1 Å². The largest absolute Gasteiger partial charge is 0.456 e. The molecular weight excluding hydrogens is 561 g/mol. The Morgan fingerprint density at radius 2 is 1.11 bits per heavy atom. The normalized spacial score (nSPS) is 12.1. The minimum Gasteiger partial charge on any atom is -0.456 e. The summed E-state index contributed by atoms with van der Waals surface area (Å²) in [4.78, 5) is 7.28. The van der Waals surface area contributed by atoms with Crippen LogP contribution in [0.15, 0.2) is 142 Å². The Morgan fingerprint density at radius 3 is 2.05 bits per heavy atom. The lowest BCUT2D eigenvalue weighted by Gasteiger charge is -2.24. The topological polar surface area (TPSA) is 42.4 Å². The summed E-state index contributed by atoms with van der Waals surface area (Å²) >= 11 is 1.82. The molecule has 0 atom stereocenters. The Balaban J connectivity index is 1.21. The maximum Gasteiger partial charge on any atom is 0.141 e. The van der Waals surface area contributed by atoms with E-state index in [0.717, 1.165) is 66.5 Å². The van der Waals surface area contributed by atoms with E-state index in [2.05, 4.69) is 120 Å². The van der Waals surface area contributed by atoms with Gasteiger partial charge in [0, 0.05) is 65.4 Å². The maximum atomic E-state index is 6.47. The molecule has 206 valence electrons. The molecule has 0 aliphatic heterocycles. The summed E-state index contributed by atoms with van der Waals surface area (Å²) in [6.07, 6.45) is 1.95. The van der Waals surface area contributed by atoms with Gasteiger partial charge in [0.05, 0.1) is 0 Å². The Labute approximate surface area is 255 Å². The highest BCUT2D eigenvalue weighted by molar-refractivity contribution is 7.25. The summed E-state index contributed by atoms with van der Waals surface area (Å²) in [7, 11) is 0. The molecule has 0 bridgehead atoms. The van der Waals surface area contributed by atoms with Crippen LogP contribution in [0.2, 0.25) is 0 Å². The number of thiophene rings is 1. The van der Waals surface area contributed by atoms with E-state index < -0.39 is 0 Å². The Morgan fingerprint density at radius 1 is 0.455 bits per heavy atom. The molecule has 0 amide bonds.